The summed E-state index contributed by atoms with van der Waals surface area (Å²) < 4.78 is 0. The lowest BCUT2D eigenvalue weighted by Crippen LogP contribution is -2.29. The van der Waals surface area contributed by atoms with E-state index < -0.39 is 5.60 Å². The van der Waals surface area contributed by atoms with Crippen molar-refractivity contribution in [3.8, 4) is 0 Å². The number of hydrogen-bond acceptors (Lipinski definition) is 6. The molecule has 0 saturated carbocycles. The highest BCUT2D eigenvalue weighted by atomic mass is 32.1. The third kappa shape index (κ3) is 2.50. The first-order chi connectivity index (χ1) is 9.05. The Morgan fingerprint density at radius 2 is 2.21 bits per heavy atom. The van der Waals surface area contributed by atoms with E-state index in [1.165, 1.54) is 0 Å². The van der Waals surface area contributed by atoms with Crippen molar-refractivity contribution in [3.63, 3.8) is 0 Å². The first-order valence-electron chi connectivity index (χ1n) is 6.53. The van der Waals surface area contributed by atoms with E-state index in [9.17, 15) is 5.11 Å². The first kappa shape index (κ1) is 12.6. The summed E-state index contributed by atoms with van der Waals surface area (Å²) in [5, 5.41) is 13.2. The Hall–Kier alpha value is -1.40. The van der Waals surface area contributed by atoms with Gasteiger partial charge in [-0.1, -0.05) is 0 Å². The Balaban J connectivity index is 1.97. The molecular weight excluding hydrogens is 260 g/mol. The summed E-state index contributed by atoms with van der Waals surface area (Å²) in [5.74, 6) is 1.22. The molecule has 5 nitrogen and oxygen atoms in total. The zero-order valence-electron chi connectivity index (χ0n) is 11.0. The van der Waals surface area contributed by atoms with Gasteiger partial charge in [0.25, 0.3) is 0 Å². The Morgan fingerprint density at radius 1 is 1.37 bits per heavy atom. The summed E-state index contributed by atoms with van der Waals surface area (Å²) in [4.78, 5) is 11.8. The highest BCUT2D eigenvalue weighted by Gasteiger charge is 2.26. The third-order valence-corrected chi connectivity index (χ3v) is 4.49. The molecule has 3 N–H and O–H groups in total. The monoisotopic (exact) mass is 278 g/mol. The maximum Gasteiger partial charge on any atom is 0.223 e. The minimum Gasteiger partial charge on any atom is -0.390 e. The van der Waals surface area contributed by atoms with Gasteiger partial charge in [-0.2, -0.15) is 4.98 Å². The molecule has 2 aromatic heterocycles. The Morgan fingerprint density at radius 3 is 3.05 bits per heavy atom. The van der Waals surface area contributed by atoms with Gasteiger partial charge in [-0.3, -0.25) is 0 Å². The molecule has 19 heavy (non-hydrogen) atoms. The molecule has 1 aliphatic rings. The molecule has 1 saturated heterocycles. The lowest BCUT2D eigenvalue weighted by molar-refractivity contribution is 0.0481. The van der Waals surface area contributed by atoms with E-state index in [4.69, 9.17) is 5.73 Å². The van der Waals surface area contributed by atoms with Crippen LogP contribution in [0.1, 0.15) is 26.2 Å². The van der Waals surface area contributed by atoms with Crippen molar-refractivity contribution in [3.05, 3.63) is 11.4 Å². The van der Waals surface area contributed by atoms with Gasteiger partial charge in [0.15, 0.2) is 0 Å². The predicted molar refractivity (Wildman–Crippen MR) is 78.5 cm³/mol. The van der Waals surface area contributed by atoms with Crippen molar-refractivity contribution in [2.45, 2.75) is 31.8 Å². The first-order valence-corrected chi connectivity index (χ1v) is 7.41. The number of anilines is 2. The van der Waals surface area contributed by atoms with E-state index >= 15 is 0 Å². The number of nitrogens with two attached hydrogens (primary N) is 1. The van der Waals surface area contributed by atoms with Gasteiger partial charge in [-0.25, -0.2) is 4.98 Å². The average molecular weight is 278 g/mol. The standard InChI is InChI=1S/C13H18N4OS/c1-13(18)4-2-6-17(7-5-13)10-9-3-8-19-11(9)16-12(14)15-10/h3,8,18H,2,4-7H2,1H3,(H2,14,15,16). The lowest BCUT2D eigenvalue weighted by atomic mass is 9.98. The van der Waals surface area contributed by atoms with Crippen LogP contribution < -0.4 is 10.6 Å². The Kier molecular flexibility index (Phi) is 3.06. The quantitative estimate of drug-likeness (QED) is 0.834. The van der Waals surface area contributed by atoms with E-state index in [0.717, 1.165) is 48.4 Å². The van der Waals surface area contributed by atoms with E-state index in [1.807, 2.05) is 18.4 Å². The second-order valence-electron chi connectivity index (χ2n) is 5.38. The summed E-state index contributed by atoms with van der Waals surface area (Å²) in [6.07, 6.45) is 2.54. The number of nitrogen functional groups attached to an aromatic ring is 1. The summed E-state index contributed by atoms with van der Waals surface area (Å²) in [6.45, 7) is 3.61. The summed E-state index contributed by atoms with van der Waals surface area (Å²) in [6, 6.07) is 2.04. The van der Waals surface area contributed by atoms with Gasteiger partial charge >= 0.3 is 0 Å². The number of thiophene rings is 1. The van der Waals surface area contributed by atoms with Crippen molar-refractivity contribution in [1.29, 1.82) is 0 Å². The molecule has 0 aromatic carbocycles. The smallest absolute Gasteiger partial charge is 0.223 e. The lowest BCUT2D eigenvalue weighted by Gasteiger charge is -2.24. The summed E-state index contributed by atoms with van der Waals surface area (Å²) >= 11 is 1.58. The van der Waals surface area contributed by atoms with Crippen molar-refractivity contribution in [1.82, 2.24) is 9.97 Å². The van der Waals surface area contributed by atoms with Crippen LogP contribution in [-0.2, 0) is 0 Å². The second-order valence-corrected chi connectivity index (χ2v) is 6.28. The molecule has 6 heteroatoms. The van der Waals surface area contributed by atoms with Gasteiger partial charge in [-0.15, -0.1) is 11.3 Å². The van der Waals surface area contributed by atoms with Crippen molar-refractivity contribution in [2.24, 2.45) is 0 Å². The molecule has 1 atom stereocenters. The SMILES string of the molecule is CC1(O)CCCN(c2nc(N)nc3sccc23)CC1. The van der Waals surface area contributed by atoms with Crippen molar-refractivity contribution >= 4 is 33.3 Å². The largest absolute Gasteiger partial charge is 0.390 e. The van der Waals surface area contributed by atoms with Gasteiger partial charge in [0.2, 0.25) is 5.95 Å². The molecule has 3 rings (SSSR count). The second kappa shape index (κ2) is 4.61. The molecule has 0 aliphatic carbocycles. The van der Waals surface area contributed by atoms with Crippen molar-refractivity contribution in [2.75, 3.05) is 23.7 Å². The van der Waals surface area contributed by atoms with Gasteiger partial charge in [-0.05, 0) is 37.6 Å². The van der Waals surface area contributed by atoms with E-state index in [1.54, 1.807) is 11.3 Å². The van der Waals surface area contributed by atoms with Crippen LogP contribution in [0.15, 0.2) is 11.4 Å². The van der Waals surface area contributed by atoms with Gasteiger partial charge in [0, 0.05) is 13.1 Å². The van der Waals surface area contributed by atoms with Crippen molar-refractivity contribution < 1.29 is 5.11 Å². The van der Waals surface area contributed by atoms with Crippen LogP contribution in [0.5, 0.6) is 0 Å². The van der Waals surface area contributed by atoms with Gasteiger partial charge < -0.3 is 15.7 Å². The zero-order chi connectivity index (χ0) is 13.5. The minimum atomic E-state index is -0.568. The molecule has 1 fully saturated rings. The van der Waals surface area contributed by atoms with Crippen LogP contribution in [0, 0.1) is 0 Å². The molecule has 1 aliphatic heterocycles. The van der Waals surface area contributed by atoms with Crippen LogP contribution >= 0.6 is 11.3 Å². The van der Waals surface area contributed by atoms with Crippen LogP contribution in [-0.4, -0.2) is 33.8 Å². The van der Waals surface area contributed by atoms with E-state index in [0.29, 0.717) is 5.95 Å². The van der Waals surface area contributed by atoms with Crippen LogP contribution in [0.2, 0.25) is 0 Å². The van der Waals surface area contributed by atoms with Gasteiger partial charge in [0.1, 0.15) is 10.6 Å². The molecule has 3 heterocycles. The normalized spacial score (nSPS) is 24.6. The minimum absolute atomic E-state index is 0.320. The fourth-order valence-corrected chi connectivity index (χ4v) is 3.34. The Labute approximate surface area is 116 Å². The zero-order valence-corrected chi connectivity index (χ0v) is 11.8. The van der Waals surface area contributed by atoms with Gasteiger partial charge in [0.05, 0.1) is 11.0 Å². The third-order valence-electron chi connectivity index (χ3n) is 3.69. The summed E-state index contributed by atoms with van der Waals surface area (Å²) in [7, 11) is 0. The highest BCUT2D eigenvalue weighted by molar-refractivity contribution is 7.16. The number of hydrogen-bond donors (Lipinski definition) is 2. The molecule has 1 unspecified atom stereocenters. The number of fused-ring (bicyclic) bond motifs is 1. The topological polar surface area (TPSA) is 75.3 Å². The number of rotatable bonds is 1. The summed E-state index contributed by atoms with van der Waals surface area (Å²) in [5.41, 5.74) is 5.22. The van der Waals surface area contributed by atoms with Crippen LogP contribution in [0.3, 0.4) is 0 Å². The predicted octanol–water partition coefficient (Wildman–Crippen LogP) is 2.01. The molecule has 0 amide bonds. The fraction of sp³-hybridized carbons (Fsp3) is 0.538. The molecular formula is C13H18N4OS. The van der Waals surface area contributed by atoms with E-state index in [2.05, 4.69) is 14.9 Å². The van der Waals surface area contributed by atoms with Crippen LogP contribution in [0.4, 0.5) is 11.8 Å². The number of nitrogens with zero attached hydrogens (tertiary/aromatic N) is 3. The van der Waals surface area contributed by atoms with Crippen LogP contribution in [0.25, 0.3) is 10.2 Å². The number of aromatic nitrogens is 2. The molecule has 2 aromatic rings. The molecule has 0 radical (unpaired) electrons. The fourth-order valence-electron chi connectivity index (χ4n) is 2.57. The molecule has 102 valence electrons. The highest BCUT2D eigenvalue weighted by Crippen LogP contribution is 2.31. The Bertz CT molecular complexity index is 595. The average Bonchev–Trinajstić information content (AvgIpc) is 2.72. The number of aliphatic hydroxyl groups is 1. The maximum absolute atomic E-state index is 10.2. The molecule has 0 bridgehead atoms. The maximum atomic E-state index is 10.2. The molecule has 0 spiro atoms. The van der Waals surface area contributed by atoms with E-state index in [-0.39, 0.29) is 0 Å².